The Hall–Kier alpha value is -2.69. The van der Waals surface area contributed by atoms with Crippen molar-refractivity contribution < 1.29 is 19.4 Å². The number of anilines is 1. The van der Waals surface area contributed by atoms with Gasteiger partial charge in [-0.25, -0.2) is 4.79 Å². The number of ether oxygens (including phenoxy) is 2. The first kappa shape index (κ1) is 14.7. The number of para-hydroxylation sites is 1. The number of hydrogen-bond acceptors (Lipinski definition) is 4. The summed E-state index contributed by atoms with van der Waals surface area (Å²) < 4.78 is 10.4. The topological polar surface area (TPSA) is 67.8 Å². The van der Waals surface area contributed by atoms with Gasteiger partial charge in [0.1, 0.15) is 0 Å². The molecule has 0 aromatic heterocycles. The van der Waals surface area contributed by atoms with Crippen LogP contribution in [0.2, 0.25) is 0 Å². The van der Waals surface area contributed by atoms with Gasteiger partial charge in [0, 0.05) is 5.69 Å². The lowest BCUT2D eigenvalue weighted by atomic mass is 10.1. The Morgan fingerprint density at radius 2 is 1.71 bits per heavy atom. The summed E-state index contributed by atoms with van der Waals surface area (Å²) in [4.78, 5) is 11.5. The zero-order valence-electron chi connectivity index (χ0n) is 11.9. The molecule has 5 heteroatoms. The Balaban J connectivity index is 2.32. The Morgan fingerprint density at radius 1 is 1.05 bits per heavy atom. The summed E-state index contributed by atoms with van der Waals surface area (Å²) in [6.07, 6.45) is 0. The molecule has 0 spiro atoms. The van der Waals surface area contributed by atoms with E-state index in [9.17, 15) is 9.90 Å². The first-order chi connectivity index (χ1) is 10.2. The van der Waals surface area contributed by atoms with Crippen LogP contribution in [0, 0.1) is 0 Å². The van der Waals surface area contributed by atoms with Gasteiger partial charge in [-0.3, -0.25) is 0 Å². The van der Waals surface area contributed by atoms with Crippen molar-refractivity contribution in [2.24, 2.45) is 0 Å². The maximum atomic E-state index is 11.5. The Kier molecular flexibility index (Phi) is 4.66. The van der Waals surface area contributed by atoms with Crippen LogP contribution in [0.3, 0.4) is 0 Å². The summed E-state index contributed by atoms with van der Waals surface area (Å²) in [5.74, 6) is 0.0901. The average Bonchev–Trinajstić information content (AvgIpc) is 2.52. The normalized spacial score (nSPS) is 11.5. The SMILES string of the molecule is COc1ccc(C(Nc2ccccc2)C(=O)O)cc1OC. The van der Waals surface area contributed by atoms with Crippen molar-refractivity contribution in [2.75, 3.05) is 19.5 Å². The molecule has 0 aliphatic heterocycles. The fourth-order valence-electron chi connectivity index (χ4n) is 2.02. The summed E-state index contributed by atoms with van der Waals surface area (Å²) in [5.41, 5.74) is 1.32. The van der Waals surface area contributed by atoms with Gasteiger partial charge in [0.25, 0.3) is 0 Å². The molecule has 21 heavy (non-hydrogen) atoms. The molecule has 1 unspecified atom stereocenters. The third kappa shape index (κ3) is 3.45. The second-order valence-corrected chi connectivity index (χ2v) is 4.40. The highest BCUT2D eigenvalue weighted by molar-refractivity contribution is 5.79. The van der Waals surface area contributed by atoms with E-state index < -0.39 is 12.0 Å². The van der Waals surface area contributed by atoms with Crippen LogP contribution < -0.4 is 14.8 Å². The van der Waals surface area contributed by atoms with E-state index in [-0.39, 0.29) is 0 Å². The Morgan fingerprint density at radius 3 is 2.29 bits per heavy atom. The number of hydrogen-bond donors (Lipinski definition) is 2. The summed E-state index contributed by atoms with van der Waals surface area (Å²) >= 11 is 0. The van der Waals surface area contributed by atoms with Gasteiger partial charge in [-0.1, -0.05) is 24.3 Å². The smallest absolute Gasteiger partial charge is 0.330 e. The summed E-state index contributed by atoms with van der Waals surface area (Å²) in [5, 5.41) is 12.4. The molecule has 2 N–H and O–H groups in total. The first-order valence-electron chi connectivity index (χ1n) is 6.42. The van der Waals surface area contributed by atoms with Gasteiger partial charge in [-0.2, -0.15) is 0 Å². The maximum Gasteiger partial charge on any atom is 0.330 e. The summed E-state index contributed by atoms with van der Waals surface area (Å²) in [7, 11) is 3.05. The molecule has 2 rings (SSSR count). The number of carboxylic acid groups (broad SMARTS) is 1. The van der Waals surface area contributed by atoms with Crippen LogP contribution in [-0.4, -0.2) is 25.3 Å². The van der Waals surface area contributed by atoms with Crippen LogP contribution in [0.4, 0.5) is 5.69 Å². The number of nitrogens with one attached hydrogen (secondary N) is 1. The van der Waals surface area contributed by atoms with Crippen LogP contribution in [0.1, 0.15) is 11.6 Å². The van der Waals surface area contributed by atoms with Crippen LogP contribution in [0.5, 0.6) is 11.5 Å². The lowest BCUT2D eigenvalue weighted by Gasteiger charge is -2.17. The largest absolute Gasteiger partial charge is 0.493 e. The molecule has 0 heterocycles. The van der Waals surface area contributed by atoms with Gasteiger partial charge in [0.15, 0.2) is 17.5 Å². The van der Waals surface area contributed by atoms with Crippen molar-refractivity contribution in [3.05, 3.63) is 54.1 Å². The van der Waals surface area contributed by atoms with Crippen LogP contribution >= 0.6 is 0 Å². The minimum atomic E-state index is -0.967. The van der Waals surface area contributed by atoms with Gasteiger partial charge in [-0.05, 0) is 29.8 Å². The molecule has 0 saturated heterocycles. The van der Waals surface area contributed by atoms with Crippen molar-refractivity contribution >= 4 is 11.7 Å². The van der Waals surface area contributed by atoms with E-state index in [1.807, 2.05) is 30.3 Å². The van der Waals surface area contributed by atoms with Gasteiger partial charge in [0.2, 0.25) is 0 Å². The third-order valence-corrected chi connectivity index (χ3v) is 3.07. The van der Waals surface area contributed by atoms with Gasteiger partial charge < -0.3 is 19.9 Å². The van der Waals surface area contributed by atoms with Crippen molar-refractivity contribution in [3.8, 4) is 11.5 Å². The van der Waals surface area contributed by atoms with Crippen LogP contribution in [0.25, 0.3) is 0 Å². The zero-order valence-corrected chi connectivity index (χ0v) is 11.9. The van der Waals surface area contributed by atoms with Crippen LogP contribution in [0.15, 0.2) is 48.5 Å². The Labute approximate surface area is 123 Å². The molecule has 5 nitrogen and oxygen atoms in total. The molecule has 1 atom stereocenters. The van der Waals surface area contributed by atoms with E-state index in [0.717, 1.165) is 5.69 Å². The quantitative estimate of drug-likeness (QED) is 0.855. The van der Waals surface area contributed by atoms with Gasteiger partial charge >= 0.3 is 5.97 Å². The molecular weight excluding hydrogens is 270 g/mol. The monoisotopic (exact) mass is 287 g/mol. The van der Waals surface area contributed by atoms with Crippen LogP contribution in [-0.2, 0) is 4.79 Å². The fourth-order valence-corrected chi connectivity index (χ4v) is 2.02. The van der Waals surface area contributed by atoms with Crippen molar-refractivity contribution in [3.63, 3.8) is 0 Å². The van der Waals surface area contributed by atoms with E-state index >= 15 is 0 Å². The average molecular weight is 287 g/mol. The second kappa shape index (κ2) is 6.65. The standard InChI is InChI=1S/C16H17NO4/c1-20-13-9-8-11(10-14(13)21-2)15(16(18)19)17-12-6-4-3-5-7-12/h3-10,15,17H,1-2H3,(H,18,19). The molecule has 0 saturated carbocycles. The number of methoxy groups -OCH3 is 2. The zero-order chi connectivity index (χ0) is 15.2. The number of benzene rings is 2. The number of carboxylic acids is 1. The minimum Gasteiger partial charge on any atom is -0.493 e. The molecule has 0 radical (unpaired) electrons. The highest BCUT2D eigenvalue weighted by Crippen LogP contribution is 2.31. The lowest BCUT2D eigenvalue weighted by molar-refractivity contribution is -0.138. The number of rotatable bonds is 6. The van der Waals surface area contributed by atoms with E-state index in [0.29, 0.717) is 17.1 Å². The second-order valence-electron chi connectivity index (χ2n) is 4.40. The van der Waals surface area contributed by atoms with Crippen molar-refractivity contribution in [1.29, 1.82) is 0 Å². The summed E-state index contributed by atoms with van der Waals surface area (Å²) in [6.45, 7) is 0. The molecule has 110 valence electrons. The Bertz CT molecular complexity index is 613. The number of aliphatic carboxylic acids is 1. The van der Waals surface area contributed by atoms with Crippen molar-refractivity contribution in [1.82, 2.24) is 0 Å². The minimum absolute atomic E-state index is 0.496. The van der Waals surface area contributed by atoms with E-state index in [1.54, 1.807) is 18.2 Å². The molecule has 0 aliphatic carbocycles. The molecule has 0 aliphatic rings. The first-order valence-corrected chi connectivity index (χ1v) is 6.42. The summed E-state index contributed by atoms with van der Waals surface area (Å²) in [6, 6.07) is 13.4. The maximum absolute atomic E-state index is 11.5. The highest BCUT2D eigenvalue weighted by atomic mass is 16.5. The molecule has 0 bridgehead atoms. The molecule has 0 amide bonds. The molecule has 2 aromatic carbocycles. The fraction of sp³-hybridized carbons (Fsp3) is 0.188. The van der Waals surface area contributed by atoms with Gasteiger partial charge in [-0.15, -0.1) is 0 Å². The molecule has 2 aromatic rings. The molecular formula is C16H17NO4. The third-order valence-electron chi connectivity index (χ3n) is 3.07. The predicted octanol–water partition coefficient (Wildman–Crippen LogP) is 2.94. The van der Waals surface area contributed by atoms with E-state index in [1.165, 1.54) is 14.2 Å². The predicted molar refractivity (Wildman–Crippen MR) is 80.0 cm³/mol. The lowest BCUT2D eigenvalue weighted by Crippen LogP contribution is -2.20. The molecule has 0 fully saturated rings. The van der Waals surface area contributed by atoms with Crippen molar-refractivity contribution in [2.45, 2.75) is 6.04 Å². The van der Waals surface area contributed by atoms with E-state index in [4.69, 9.17) is 9.47 Å². The number of carbonyl (C=O) groups is 1. The van der Waals surface area contributed by atoms with Gasteiger partial charge in [0.05, 0.1) is 14.2 Å². The highest BCUT2D eigenvalue weighted by Gasteiger charge is 2.21. The van der Waals surface area contributed by atoms with E-state index in [2.05, 4.69) is 5.32 Å².